The highest BCUT2D eigenvalue weighted by Gasteiger charge is 2.38. The Balaban J connectivity index is 1.74. The maximum absolute atomic E-state index is 12.6. The lowest BCUT2D eigenvalue weighted by Gasteiger charge is -2.40. The third kappa shape index (κ3) is 2.53. The normalized spacial score (nSPS) is 27.0. The van der Waals surface area contributed by atoms with E-state index in [4.69, 9.17) is 0 Å². The molecule has 1 fully saturated rings. The van der Waals surface area contributed by atoms with Crippen LogP contribution in [0.5, 0.6) is 0 Å². The zero-order valence-electron chi connectivity index (χ0n) is 12.6. The monoisotopic (exact) mass is 371 g/mol. The molecule has 23 heavy (non-hydrogen) atoms. The van der Waals surface area contributed by atoms with Crippen molar-refractivity contribution in [3.8, 4) is 0 Å². The molecule has 0 aromatic carbocycles. The third-order valence-corrected chi connectivity index (χ3v) is 8.38. The number of hydrogen-bond acceptors (Lipinski definition) is 7. The van der Waals surface area contributed by atoms with E-state index in [0.717, 1.165) is 31.2 Å². The summed E-state index contributed by atoms with van der Waals surface area (Å²) in [7, 11) is 0. The van der Waals surface area contributed by atoms with Crippen LogP contribution in [-0.4, -0.2) is 51.4 Å². The SMILES string of the molecule is CC1Sc2c(C(=O)O)c(=O)c3c(n21)SC(N1CCNCC1)SC3. The van der Waals surface area contributed by atoms with Gasteiger partial charge >= 0.3 is 5.97 Å². The van der Waals surface area contributed by atoms with Crippen molar-refractivity contribution in [1.82, 2.24) is 14.8 Å². The van der Waals surface area contributed by atoms with Crippen LogP contribution in [0.15, 0.2) is 14.8 Å². The van der Waals surface area contributed by atoms with Crippen LogP contribution in [0, 0.1) is 0 Å². The van der Waals surface area contributed by atoms with E-state index in [9.17, 15) is 14.7 Å². The number of carboxylic acids is 1. The molecular formula is C14H17N3O3S3. The fourth-order valence-electron chi connectivity index (χ4n) is 3.12. The molecule has 4 heterocycles. The highest BCUT2D eigenvalue weighted by molar-refractivity contribution is 8.17. The van der Waals surface area contributed by atoms with Crippen LogP contribution in [0.1, 0.15) is 28.2 Å². The van der Waals surface area contributed by atoms with Crippen molar-refractivity contribution >= 4 is 41.3 Å². The number of nitrogens with zero attached hydrogens (tertiary/aromatic N) is 2. The van der Waals surface area contributed by atoms with Crippen LogP contribution in [-0.2, 0) is 5.75 Å². The molecule has 0 aliphatic carbocycles. The molecule has 0 saturated carbocycles. The topological polar surface area (TPSA) is 74.6 Å². The number of hydrogen-bond donors (Lipinski definition) is 2. The highest BCUT2D eigenvalue weighted by Crippen LogP contribution is 2.51. The number of fused-ring (bicyclic) bond motifs is 3. The largest absolute Gasteiger partial charge is 0.477 e. The molecule has 4 rings (SSSR count). The Hall–Kier alpha value is -0.610. The van der Waals surface area contributed by atoms with Crippen LogP contribution < -0.4 is 10.7 Å². The summed E-state index contributed by atoms with van der Waals surface area (Å²) in [4.78, 5) is 26.5. The number of rotatable bonds is 2. The summed E-state index contributed by atoms with van der Waals surface area (Å²) >= 11 is 4.92. The number of carbonyl (C=O) groups is 1. The fourth-order valence-corrected chi connectivity index (χ4v) is 7.44. The molecular weight excluding hydrogens is 354 g/mol. The van der Waals surface area contributed by atoms with Crippen molar-refractivity contribution in [3.05, 3.63) is 21.4 Å². The summed E-state index contributed by atoms with van der Waals surface area (Å²) in [6, 6.07) is 0. The van der Waals surface area contributed by atoms with Gasteiger partial charge in [-0.25, -0.2) is 4.79 Å². The molecule has 0 spiro atoms. The minimum atomic E-state index is -1.11. The van der Waals surface area contributed by atoms with Gasteiger partial charge in [0.2, 0.25) is 5.43 Å². The van der Waals surface area contributed by atoms with Gasteiger partial charge < -0.3 is 15.0 Å². The maximum atomic E-state index is 12.6. The number of thioether (sulfide) groups is 3. The molecule has 0 amide bonds. The quantitative estimate of drug-likeness (QED) is 0.814. The highest BCUT2D eigenvalue weighted by atomic mass is 32.2. The zero-order valence-corrected chi connectivity index (χ0v) is 15.0. The van der Waals surface area contributed by atoms with Gasteiger partial charge in [0.05, 0.1) is 15.4 Å². The van der Waals surface area contributed by atoms with E-state index in [-0.39, 0.29) is 16.4 Å². The third-order valence-electron chi connectivity index (χ3n) is 4.30. The molecule has 9 heteroatoms. The second-order valence-electron chi connectivity index (χ2n) is 5.71. The van der Waals surface area contributed by atoms with E-state index in [1.54, 1.807) is 23.5 Å². The smallest absolute Gasteiger partial charge is 0.342 e. The first kappa shape index (κ1) is 15.9. The van der Waals surface area contributed by atoms with Crippen molar-refractivity contribution in [3.63, 3.8) is 0 Å². The minimum Gasteiger partial charge on any atom is -0.477 e. The van der Waals surface area contributed by atoms with Crippen LogP contribution in [0.4, 0.5) is 0 Å². The number of aromatic carboxylic acids is 1. The summed E-state index contributed by atoms with van der Waals surface area (Å²) in [6.07, 6.45) is 0. The molecule has 0 bridgehead atoms. The molecule has 1 saturated heterocycles. The standard InChI is InChI=1S/C14H17N3O3S3/c1-7-17-11-8(10(18)9(13(19)20)12(17)22-7)6-21-14(23-11)16-4-2-15-3-5-16/h7,14-15H,2-6H2,1H3,(H,19,20). The van der Waals surface area contributed by atoms with E-state index in [1.807, 2.05) is 4.57 Å². The van der Waals surface area contributed by atoms with Gasteiger partial charge in [0.1, 0.15) is 10.3 Å². The summed E-state index contributed by atoms with van der Waals surface area (Å²) in [5, 5.41) is 14.5. The number of carboxylic acid groups (broad SMARTS) is 1. The van der Waals surface area contributed by atoms with Crippen LogP contribution in [0.2, 0.25) is 0 Å². The Morgan fingerprint density at radius 1 is 1.26 bits per heavy atom. The second-order valence-corrected chi connectivity index (χ2v) is 9.45. The van der Waals surface area contributed by atoms with Gasteiger partial charge in [-0.05, 0) is 6.92 Å². The number of pyridine rings is 1. The second kappa shape index (κ2) is 6.03. The van der Waals surface area contributed by atoms with Crippen LogP contribution >= 0.6 is 35.3 Å². The molecule has 6 nitrogen and oxygen atoms in total. The Morgan fingerprint density at radius 2 is 2.00 bits per heavy atom. The molecule has 0 radical (unpaired) electrons. The van der Waals surface area contributed by atoms with Crippen molar-refractivity contribution < 1.29 is 9.90 Å². The van der Waals surface area contributed by atoms with Gasteiger partial charge in [0.15, 0.2) is 0 Å². The van der Waals surface area contributed by atoms with Gasteiger partial charge in [0.25, 0.3) is 0 Å². The summed E-state index contributed by atoms with van der Waals surface area (Å²) in [6.45, 7) is 6.05. The lowest BCUT2D eigenvalue weighted by Crippen LogP contribution is -2.47. The van der Waals surface area contributed by atoms with Crippen molar-refractivity contribution in [1.29, 1.82) is 0 Å². The molecule has 1 aromatic heterocycles. The minimum absolute atomic E-state index is 0.0475. The van der Waals surface area contributed by atoms with E-state index in [2.05, 4.69) is 17.1 Å². The first-order valence-electron chi connectivity index (χ1n) is 7.52. The number of piperazine rings is 1. The number of aromatic nitrogens is 1. The Morgan fingerprint density at radius 3 is 2.65 bits per heavy atom. The average Bonchev–Trinajstić information content (AvgIpc) is 2.54. The molecule has 1 aromatic rings. The van der Waals surface area contributed by atoms with Crippen molar-refractivity contribution in [2.24, 2.45) is 0 Å². The fraction of sp³-hybridized carbons (Fsp3) is 0.571. The van der Waals surface area contributed by atoms with E-state index < -0.39 is 5.97 Å². The predicted molar refractivity (Wildman–Crippen MR) is 93.6 cm³/mol. The lowest BCUT2D eigenvalue weighted by molar-refractivity contribution is 0.0688. The molecule has 2 N–H and O–H groups in total. The summed E-state index contributed by atoms with van der Waals surface area (Å²) in [5.41, 5.74) is 0.324. The van der Waals surface area contributed by atoms with Gasteiger partial charge in [0, 0.05) is 37.5 Å². The summed E-state index contributed by atoms with van der Waals surface area (Å²) < 4.78 is 2.35. The maximum Gasteiger partial charge on any atom is 0.342 e. The molecule has 2 atom stereocenters. The van der Waals surface area contributed by atoms with Gasteiger partial charge in [-0.2, -0.15) is 0 Å². The summed E-state index contributed by atoms with van der Waals surface area (Å²) in [5.74, 6) is -0.520. The first-order valence-corrected chi connectivity index (χ1v) is 10.3. The van der Waals surface area contributed by atoms with Crippen LogP contribution in [0.25, 0.3) is 0 Å². The van der Waals surface area contributed by atoms with E-state index >= 15 is 0 Å². The first-order chi connectivity index (χ1) is 11.1. The molecule has 3 aliphatic rings. The van der Waals surface area contributed by atoms with Crippen LogP contribution in [0.3, 0.4) is 0 Å². The van der Waals surface area contributed by atoms with Gasteiger partial charge in [-0.3, -0.25) is 9.69 Å². The Kier molecular flexibility index (Phi) is 4.17. The van der Waals surface area contributed by atoms with Gasteiger partial charge in [-0.1, -0.05) is 23.5 Å². The van der Waals surface area contributed by atoms with E-state index in [1.165, 1.54) is 11.8 Å². The Bertz CT molecular complexity index is 730. The van der Waals surface area contributed by atoms with Gasteiger partial charge in [-0.15, -0.1) is 11.8 Å². The van der Waals surface area contributed by atoms with Crippen molar-refractivity contribution in [2.75, 3.05) is 26.2 Å². The number of nitrogens with one attached hydrogen (secondary N) is 1. The average molecular weight is 372 g/mol. The van der Waals surface area contributed by atoms with E-state index in [0.29, 0.717) is 21.0 Å². The zero-order chi connectivity index (χ0) is 16.1. The Labute approximate surface area is 146 Å². The molecule has 3 aliphatic heterocycles. The molecule has 2 unspecified atom stereocenters. The van der Waals surface area contributed by atoms with Crippen molar-refractivity contribution in [2.45, 2.75) is 32.8 Å². The lowest BCUT2D eigenvalue weighted by atomic mass is 10.2. The molecule has 124 valence electrons. The predicted octanol–water partition coefficient (Wildman–Crippen LogP) is 1.70.